The van der Waals surface area contributed by atoms with Gasteiger partial charge in [-0.05, 0) is 26.7 Å². The molecule has 0 bridgehead atoms. The van der Waals surface area contributed by atoms with Crippen LogP contribution in [0.25, 0.3) is 0 Å². The van der Waals surface area contributed by atoms with Gasteiger partial charge in [0.25, 0.3) is 5.91 Å². The highest BCUT2D eigenvalue weighted by atomic mass is 32.1. The van der Waals surface area contributed by atoms with Crippen LogP contribution in [0.3, 0.4) is 0 Å². The number of esters is 1. The molecule has 2 rings (SSSR count). The highest BCUT2D eigenvalue weighted by Crippen LogP contribution is 2.24. The number of amides is 1. The molecule has 1 N–H and O–H groups in total. The van der Waals surface area contributed by atoms with Gasteiger partial charge in [-0.3, -0.25) is 10.1 Å². The second-order valence-corrected chi connectivity index (χ2v) is 5.14. The van der Waals surface area contributed by atoms with Crippen LogP contribution in [0.5, 0.6) is 0 Å². The molecule has 1 saturated heterocycles. The van der Waals surface area contributed by atoms with Crippen LogP contribution in [0.2, 0.25) is 0 Å². The number of rotatable bonds is 4. The van der Waals surface area contributed by atoms with Crippen molar-refractivity contribution in [2.45, 2.75) is 32.8 Å². The Bertz CT molecular complexity index is 480. The fourth-order valence-corrected chi connectivity index (χ4v) is 2.67. The number of hydrogen-bond acceptors (Lipinski definition) is 6. The van der Waals surface area contributed by atoms with E-state index in [2.05, 4.69) is 10.3 Å². The summed E-state index contributed by atoms with van der Waals surface area (Å²) in [5, 5.41) is 3.08. The molecule has 1 atom stereocenters. The summed E-state index contributed by atoms with van der Waals surface area (Å²) < 4.78 is 10.2. The van der Waals surface area contributed by atoms with Crippen molar-refractivity contribution in [1.29, 1.82) is 0 Å². The van der Waals surface area contributed by atoms with Gasteiger partial charge in [0, 0.05) is 6.61 Å². The van der Waals surface area contributed by atoms with E-state index in [1.54, 1.807) is 13.8 Å². The van der Waals surface area contributed by atoms with Gasteiger partial charge in [-0.15, -0.1) is 0 Å². The van der Waals surface area contributed by atoms with Crippen molar-refractivity contribution in [1.82, 2.24) is 4.98 Å². The van der Waals surface area contributed by atoms with Crippen molar-refractivity contribution in [2.75, 3.05) is 18.5 Å². The lowest BCUT2D eigenvalue weighted by atomic mass is 10.2. The molecule has 6 nitrogen and oxygen atoms in total. The maximum atomic E-state index is 11.8. The van der Waals surface area contributed by atoms with Crippen molar-refractivity contribution in [3.8, 4) is 0 Å². The van der Waals surface area contributed by atoms with Gasteiger partial charge in [0.1, 0.15) is 11.0 Å². The summed E-state index contributed by atoms with van der Waals surface area (Å²) in [6, 6.07) is 0. The largest absolute Gasteiger partial charge is 0.462 e. The number of hydrogen-bond donors (Lipinski definition) is 1. The maximum absolute atomic E-state index is 11.8. The number of anilines is 1. The first-order valence-electron chi connectivity index (χ1n) is 6.18. The first kappa shape index (κ1) is 14.0. The molecule has 1 amide bonds. The highest BCUT2D eigenvalue weighted by Gasteiger charge is 2.25. The molecule has 7 heteroatoms. The predicted molar refractivity (Wildman–Crippen MR) is 70.4 cm³/mol. The summed E-state index contributed by atoms with van der Waals surface area (Å²) in [7, 11) is 0. The minimum Gasteiger partial charge on any atom is -0.462 e. The molecule has 1 aliphatic heterocycles. The molecule has 19 heavy (non-hydrogen) atoms. The normalized spacial score (nSPS) is 18.3. The van der Waals surface area contributed by atoms with Crippen molar-refractivity contribution >= 4 is 28.3 Å². The maximum Gasteiger partial charge on any atom is 0.350 e. The van der Waals surface area contributed by atoms with Crippen LogP contribution < -0.4 is 5.32 Å². The quantitative estimate of drug-likeness (QED) is 0.852. The van der Waals surface area contributed by atoms with E-state index in [0.717, 1.165) is 24.2 Å². The Balaban J connectivity index is 2.03. The van der Waals surface area contributed by atoms with E-state index in [-0.39, 0.29) is 5.91 Å². The molecule has 104 valence electrons. The lowest BCUT2D eigenvalue weighted by Crippen LogP contribution is -2.26. The van der Waals surface area contributed by atoms with Crippen LogP contribution in [0.15, 0.2) is 0 Å². The molecule has 0 aromatic carbocycles. The SMILES string of the molecule is CCOC(=O)c1sc(NC(=O)[C@H]2CCCO2)nc1C. The highest BCUT2D eigenvalue weighted by molar-refractivity contribution is 7.17. The summed E-state index contributed by atoms with van der Waals surface area (Å²) in [5.74, 6) is -0.614. The van der Waals surface area contributed by atoms with Crippen LogP contribution in [-0.4, -0.2) is 36.2 Å². The molecule has 1 fully saturated rings. The average Bonchev–Trinajstić information content (AvgIpc) is 2.99. The number of thiazole rings is 1. The van der Waals surface area contributed by atoms with Gasteiger partial charge < -0.3 is 9.47 Å². The van der Waals surface area contributed by atoms with Crippen LogP contribution in [-0.2, 0) is 14.3 Å². The van der Waals surface area contributed by atoms with Crippen molar-refractivity contribution in [3.63, 3.8) is 0 Å². The Labute approximate surface area is 115 Å². The minimum absolute atomic E-state index is 0.207. The Hall–Kier alpha value is -1.47. The zero-order valence-electron chi connectivity index (χ0n) is 10.9. The third-order valence-electron chi connectivity index (χ3n) is 2.71. The van der Waals surface area contributed by atoms with E-state index in [9.17, 15) is 9.59 Å². The number of ether oxygens (including phenoxy) is 2. The molecule has 0 aliphatic carbocycles. The molecule has 1 aliphatic rings. The molecular formula is C12H16N2O4S. The lowest BCUT2D eigenvalue weighted by Gasteiger charge is -2.07. The second kappa shape index (κ2) is 6.12. The summed E-state index contributed by atoms with van der Waals surface area (Å²) in [6.07, 6.45) is 1.21. The summed E-state index contributed by atoms with van der Waals surface area (Å²) in [4.78, 5) is 28.1. The van der Waals surface area contributed by atoms with Gasteiger partial charge >= 0.3 is 5.97 Å². The number of carbonyl (C=O) groups excluding carboxylic acids is 2. The summed E-state index contributed by atoms with van der Waals surface area (Å²) in [5.41, 5.74) is 0.561. The van der Waals surface area contributed by atoms with Crippen molar-refractivity contribution in [3.05, 3.63) is 10.6 Å². The molecule has 0 radical (unpaired) electrons. The predicted octanol–water partition coefficient (Wildman–Crippen LogP) is 1.75. The zero-order chi connectivity index (χ0) is 13.8. The topological polar surface area (TPSA) is 77.5 Å². The van der Waals surface area contributed by atoms with E-state index < -0.39 is 12.1 Å². The Morgan fingerprint density at radius 3 is 3.00 bits per heavy atom. The van der Waals surface area contributed by atoms with E-state index in [1.165, 1.54) is 0 Å². The van der Waals surface area contributed by atoms with Gasteiger partial charge in [0.15, 0.2) is 5.13 Å². The average molecular weight is 284 g/mol. The first-order valence-corrected chi connectivity index (χ1v) is 7.00. The van der Waals surface area contributed by atoms with Crippen LogP contribution >= 0.6 is 11.3 Å². The Morgan fingerprint density at radius 1 is 1.58 bits per heavy atom. The summed E-state index contributed by atoms with van der Waals surface area (Å²) in [6.45, 7) is 4.38. The Kier molecular flexibility index (Phi) is 4.49. The molecule has 2 heterocycles. The summed E-state index contributed by atoms with van der Waals surface area (Å²) >= 11 is 1.12. The second-order valence-electron chi connectivity index (χ2n) is 4.14. The van der Waals surface area contributed by atoms with Gasteiger partial charge in [-0.1, -0.05) is 11.3 Å². The fraction of sp³-hybridized carbons (Fsp3) is 0.583. The van der Waals surface area contributed by atoms with Crippen LogP contribution in [0, 0.1) is 6.92 Å². The number of carbonyl (C=O) groups is 2. The smallest absolute Gasteiger partial charge is 0.350 e. The van der Waals surface area contributed by atoms with Gasteiger partial charge in [0.05, 0.1) is 12.3 Å². The Morgan fingerprint density at radius 2 is 2.37 bits per heavy atom. The monoisotopic (exact) mass is 284 g/mol. The van der Waals surface area contributed by atoms with E-state index in [1.807, 2.05) is 0 Å². The molecule has 0 spiro atoms. The standard InChI is InChI=1S/C12H16N2O4S/c1-3-17-11(16)9-7(2)13-12(19-9)14-10(15)8-5-4-6-18-8/h8H,3-6H2,1-2H3,(H,13,14,15)/t8-/m1/s1. The first-order chi connectivity index (χ1) is 9.11. The minimum atomic E-state index is -0.407. The molecule has 1 aromatic rings. The van der Waals surface area contributed by atoms with Gasteiger partial charge in [-0.2, -0.15) is 0 Å². The fourth-order valence-electron chi connectivity index (χ4n) is 1.81. The van der Waals surface area contributed by atoms with Gasteiger partial charge in [0.2, 0.25) is 0 Å². The van der Waals surface area contributed by atoms with Gasteiger partial charge in [-0.25, -0.2) is 9.78 Å². The number of nitrogens with one attached hydrogen (secondary N) is 1. The van der Waals surface area contributed by atoms with Crippen LogP contribution in [0.1, 0.15) is 35.1 Å². The zero-order valence-corrected chi connectivity index (χ0v) is 11.7. The van der Waals surface area contributed by atoms with E-state index >= 15 is 0 Å². The number of nitrogens with zero attached hydrogens (tertiary/aromatic N) is 1. The molecular weight excluding hydrogens is 268 g/mol. The third-order valence-corrected chi connectivity index (χ3v) is 3.76. The molecule has 0 saturated carbocycles. The number of aromatic nitrogens is 1. The van der Waals surface area contributed by atoms with Crippen LogP contribution in [0.4, 0.5) is 5.13 Å². The van der Waals surface area contributed by atoms with E-state index in [0.29, 0.717) is 28.9 Å². The van der Waals surface area contributed by atoms with Crippen molar-refractivity contribution < 1.29 is 19.1 Å². The third kappa shape index (κ3) is 3.30. The molecule has 1 aromatic heterocycles. The van der Waals surface area contributed by atoms with E-state index in [4.69, 9.17) is 9.47 Å². The molecule has 0 unspecified atom stereocenters. The lowest BCUT2D eigenvalue weighted by molar-refractivity contribution is -0.124. The van der Waals surface area contributed by atoms with Crippen molar-refractivity contribution in [2.24, 2.45) is 0 Å². The number of aryl methyl sites for hydroxylation is 1.